The predicted octanol–water partition coefficient (Wildman–Crippen LogP) is 3.35. The number of carbonyl (C=O) groups excluding carboxylic acids is 1. The summed E-state index contributed by atoms with van der Waals surface area (Å²) in [6, 6.07) is 4.93. The first-order valence-corrected chi connectivity index (χ1v) is 7.13. The monoisotopic (exact) mass is 261 g/mol. The van der Waals surface area contributed by atoms with Crippen molar-refractivity contribution in [3.05, 3.63) is 29.3 Å². The van der Waals surface area contributed by atoms with Gasteiger partial charge in [0.15, 0.2) is 0 Å². The molecule has 2 rings (SSSR count). The minimum absolute atomic E-state index is 0.0584. The van der Waals surface area contributed by atoms with Gasteiger partial charge in [0.25, 0.3) is 5.91 Å². The minimum atomic E-state index is 0.0584. The van der Waals surface area contributed by atoms with Crippen molar-refractivity contribution in [3.8, 4) is 5.75 Å². The van der Waals surface area contributed by atoms with Gasteiger partial charge in [-0.15, -0.1) is 0 Å². The van der Waals surface area contributed by atoms with E-state index in [2.05, 4.69) is 0 Å². The number of benzene rings is 1. The number of hydrogen-bond donors (Lipinski definition) is 1. The quantitative estimate of drug-likeness (QED) is 0.906. The van der Waals surface area contributed by atoms with Crippen molar-refractivity contribution in [2.24, 2.45) is 5.92 Å². The summed E-state index contributed by atoms with van der Waals surface area (Å²) in [5.74, 6) is 0.923. The molecule has 3 heteroatoms. The fourth-order valence-electron chi connectivity index (χ4n) is 2.93. The highest BCUT2D eigenvalue weighted by atomic mass is 16.3. The fraction of sp³-hybridized carbons (Fsp3) is 0.562. The Kier molecular flexibility index (Phi) is 4.46. The van der Waals surface area contributed by atoms with Crippen molar-refractivity contribution < 1.29 is 9.90 Å². The standard InChI is InChI=1S/C16H23NO2/c1-12-10-14(18)8-9-15(12)16(19)17(2)11-13-6-4-3-5-7-13/h8-10,13,18H,3-7,11H2,1-2H3. The number of aryl methyl sites for hydroxylation is 1. The Balaban J connectivity index is 2.01. The molecule has 1 N–H and O–H groups in total. The summed E-state index contributed by atoms with van der Waals surface area (Å²) in [4.78, 5) is 14.2. The van der Waals surface area contributed by atoms with E-state index in [4.69, 9.17) is 0 Å². The van der Waals surface area contributed by atoms with Crippen LogP contribution in [0, 0.1) is 12.8 Å². The minimum Gasteiger partial charge on any atom is -0.508 e. The van der Waals surface area contributed by atoms with E-state index in [0.717, 1.165) is 12.1 Å². The highest BCUT2D eigenvalue weighted by Crippen LogP contribution is 2.25. The predicted molar refractivity (Wildman–Crippen MR) is 76.4 cm³/mol. The average Bonchev–Trinajstić information content (AvgIpc) is 2.39. The maximum atomic E-state index is 12.4. The third-order valence-corrected chi connectivity index (χ3v) is 4.04. The van der Waals surface area contributed by atoms with Crippen molar-refractivity contribution in [2.45, 2.75) is 39.0 Å². The number of carbonyl (C=O) groups is 1. The second-order valence-corrected chi connectivity index (χ2v) is 5.69. The zero-order valence-corrected chi connectivity index (χ0v) is 11.9. The zero-order chi connectivity index (χ0) is 13.8. The lowest BCUT2D eigenvalue weighted by molar-refractivity contribution is 0.0760. The lowest BCUT2D eigenvalue weighted by Crippen LogP contribution is -2.33. The number of amides is 1. The summed E-state index contributed by atoms with van der Waals surface area (Å²) in [5, 5.41) is 9.39. The van der Waals surface area contributed by atoms with Gasteiger partial charge in [-0.25, -0.2) is 0 Å². The molecule has 1 amide bonds. The molecule has 0 spiro atoms. The van der Waals surface area contributed by atoms with Crippen LogP contribution >= 0.6 is 0 Å². The first-order valence-electron chi connectivity index (χ1n) is 7.13. The number of aromatic hydroxyl groups is 1. The molecule has 0 saturated heterocycles. The molecule has 1 fully saturated rings. The number of rotatable bonds is 3. The molecule has 3 nitrogen and oxygen atoms in total. The molecule has 1 aromatic carbocycles. The van der Waals surface area contributed by atoms with Crippen molar-refractivity contribution in [1.82, 2.24) is 4.90 Å². The fourth-order valence-corrected chi connectivity index (χ4v) is 2.93. The van der Waals surface area contributed by atoms with E-state index in [1.165, 1.54) is 32.1 Å². The first-order chi connectivity index (χ1) is 9.08. The number of hydrogen-bond acceptors (Lipinski definition) is 2. The van der Waals surface area contributed by atoms with Gasteiger partial charge in [0.1, 0.15) is 5.75 Å². The van der Waals surface area contributed by atoms with E-state index in [1.54, 1.807) is 18.2 Å². The zero-order valence-electron chi connectivity index (χ0n) is 11.9. The van der Waals surface area contributed by atoms with Crippen LogP contribution < -0.4 is 0 Å². The smallest absolute Gasteiger partial charge is 0.253 e. The van der Waals surface area contributed by atoms with Gasteiger partial charge >= 0.3 is 0 Å². The normalized spacial score (nSPS) is 16.3. The van der Waals surface area contributed by atoms with E-state index < -0.39 is 0 Å². The van der Waals surface area contributed by atoms with Gasteiger partial charge in [-0.1, -0.05) is 19.3 Å². The van der Waals surface area contributed by atoms with E-state index in [-0.39, 0.29) is 11.7 Å². The topological polar surface area (TPSA) is 40.5 Å². The van der Waals surface area contributed by atoms with Crippen LogP contribution in [0.3, 0.4) is 0 Å². The van der Waals surface area contributed by atoms with E-state index in [0.29, 0.717) is 11.5 Å². The average molecular weight is 261 g/mol. The molecule has 0 atom stereocenters. The summed E-state index contributed by atoms with van der Waals surface area (Å²) in [6.07, 6.45) is 6.42. The van der Waals surface area contributed by atoms with Gasteiger partial charge in [0.05, 0.1) is 0 Å². The number of phenols is 1. The van der Waals surface area contributed by atoms with Crippen LogP contribution in [0.4, 0.5) is 0 Å². The Morgan fingerprint density at radius 3 is 2.63 bits per heavy atom. The Labute approximate surface area is 115 Å². The molecule has 1 aliphatic carbocycles. The Morgan fingerprint density at radius 2 is 2.00 bits per heavy atom. The van der Waals surface area contributed by atoms with Gasteiger partial charge in [0.2, 0.25) is 0 Å². The van der Waals surface area contributed by atoms with E-state index in [9.17, 15) is 9.90 Å². The van der Waals surface area contributed by atoms with Gasteiger partial charge in [-0.05, 0) is 49.4 Å². The van der Waals surface area contributed by atoms with Gasteiger partial charge in [-0.3, -0.25) is 4.79 Å². The maximum absolute atomic E-state index is 12.4. The van der Waals surface area contributed by atoms with Crippen molar-refractivity contribution in [1.29, 1.82) is 0 Å². The van der Waals surface area contributed by atoms with Gasteiger partial charge < -0.3 is 10.0 Å². The molecular weight excluding hydrogens is 238 g/mol. The van der Waals surface area contributed by atoms with Gasteiger partial charge in [-0.2, -0.15) is 0 Å². The lowest BCUT2D eigenvalue weighted by atomic mass is 9.89. The summed E-state index contributed by atoms with van der Waals surface area (Å²) in [5.41, 5.74) is 1.52. The van der Waals surface area contributed by atoms with Crippen molar-refractivity contribution in [3.63, 3.8) is 0 Å². The van der Waals surface area contributed by atoms with Crippen LogP contribution in [0.2, 0.25) is 0 Å². The Morgan fingerprint density at radius 1 is 1.32 bits per heavy atom. The SMILES string of the molecule is Cc1cc(O)ccc1C(=O)N(C)CC1CCCCC1. The summed E-state index contributed by atoms with van der Waals surface area (Å²) in [6.45, 7) is 2.71. The third-order valence-electron chi connectivity index (χ3n) is 4.04. The third kappa shape index (κ3) is 3.49. The van der Waals surface area contributed by atoms with Crippen molar-refractivity contribution >= 4 is 5.91 Å². The largest absolute Gasteiger partial charge is 0.508 e. The van der Waals surface area contributed by atoms with Crippen LogP contribution in [0.25, 0.3) is 0 Å². The molecule has 0 unspecified atom stereocenters. The van der Waals surface area contributed by atoms with Crippen LogP contribution in [-0.4, -0.2) is 29.5 Å². The summed E-state index contributed by atoms with van der Waals surface area (Å²) < 4.78 is 0. The van der Waals surface area contributed by atoms with E-state index in [1.807, 2.05) is 18.9 Å². The highest BCUT2D eigenvalue weighted by molar-refractivity contribution is 5.95. The van der Waals surface area contributed by atoms with Crippen molar-refractivity contribution in [2.75, 3.05) is 13.6 Å². The van der Waals surface area contributed by atoms with Gasteiger partial charge in [0, 0.05) is 19.2 Å². The van der Waals surface area contributed by atoms with E-state index >= 15 is 0 Å². The number of phenolic OH excluding ortho intramolecular Hbond substituents is 1. The molecular formula is C16H23NO2. The molecule has 0 heterocycles. The lowest BCUT2D eigenvalue weighted by Gasteiger charge is -2.27. The Bertz CT molecular complexity index is 450. The highest BCUT2D eigenvalue weighted by Gasteiger charge is 2.20. The number of nitrogens with zero attached hydrogens (tertiary/aromatic N) is 1. The summed E-state index contributed by atoms with van der Waals surface area (Å²) >= 11 is 0. The maximum Gasteiger partial charge on any atom is 0.253 e. The molecule has 19 heavy (non-hydrogen) atoms. The van der Waals surface area contributed by atoms with Crippen LogP contribution in [0.15, 0.2) is 18.2 Å². The molecule has 0 aliphatic heterocycles. The molecule has 1 aliphatic rings. The second-order valence-electron chi connectivity index (χ2n) is 5.69. The molecule has 1 aromatic rings. The molecule has 0 aromatic heterocycles. The second kappa shape index (κ2) is 6.09. The van der Waals surface area contributed by atoms with Crippen LogP contribution in [0.1, 0.15) is 48.0 Å². The first kappa shape index (κ1) is 13.9. The van der Waals surface area contributed by atoms with Crippen LogP contribution in [-0.2, 0) is 0 Å². The Hall–Kier alpha value is -1.51. The molecule has 104 valence electrons. The van der Waals surface area contributed by atoms with Crippen LogP contribution in [0.5, 0.6) is 5.75 Å². The molecule has 0 radical (unpaired) electrons. The summed E-state index contributed by atoms with van der Waals surface area (Å²) in [7, 11) is 1.88. The molecule has 0 bridgehead atoms. The molecule has 1 saturated carbocycles.